The van der Waals surface area contributed by atoms with Crippen molar-refractivity contribution in [2.24, 2.45) is 0 Å². The highest BCUT2D eigenvalue weighted by Gasteiger charge is 2.27. The number of Topliss-reactive ketones (excluding diaryl/α,β-unsaturated/α-hetero) is 1. The van der Waals surface area contributed by atoms with E-state index in [9.17, 15) is 4.79 Å². The fourth-order valence-corrected chi connectivity index (χ4v) is 2.21. The minimum absolute atomic E-state index is 0.110. The number of carbonyl (C=O) groups excluding carboxylic acids is 1. The lowest BCUT2D eigenvalue weighted by Crippen LogP contribution is -2.17. The molecule has 0 amide bonds. The van der Waals surface area contributed by atoms with Crippen LogP contribution in [0.15, 0.2) is 30.5 Å². The summed E-state index contributed by atoms with van der Waals surface area (Å²) in [4.78, 5) is 14.8. The molecular formula is C12H12N2O. The zero-order valence-corrected chi connectivity index (χ0v) is 8.29. The van der Waals surface area contributed by atoms with Gasteiger partial charge in [-0.3, -0.25) is 4.79 Å². The quantitative estimate of drug-likeness (QED) is 0.737. The minimum atomic E-state index is -0.110. The van der Waals surface area contributed by atoms with E-state index in [1.165, 1.54) is 0 Å². The minimum Gasteiger partial charge on any atom is -0.361 e. The third-order valence-electron chi connectivity index (χ3n) is 2.97. The highest BCUT2D eigenvalue weighted by Crippen LogP contribution is 2.27. The van der Waals surface area contributed by atoms with Crippen molar-refractivity contribution >= 4 is 16.7 Å². The topological polar surface area (TPSA) is 44.9 Å². The standard InChI is InChI=1S/C12H12N2O/c15-11-5-6-13-12(11)9-7-14-10-4-2-1-3-8(9)10/h1-4,7,12-14H,5-6H2. The molecule has 0 spiro atoms. The first kappa shape index (κ1) is 8.68. The number of nitrogens with one attached hydrogen (secondary N) is 2. The summed E-state index contributed by atoms with van der Waals surface area (Å²) in [5.74, 6) is 0.291. The Morgan fingerprint density at radius 3 is 2.93 bits per heavy atom. The number of hydrogen-bond acceptors (Lipinski definition) is 2. The van der Waals surface area contributed by atoms with Crippen LogP contribution < -0.4 is 5.32 Å². The third kappa shape index (κ3) is 1.27. The van der Waals surface area contributed by atoms with E-state index in [1.54, 1.807) is 0 Å². The molecule has 1 aliphatic rings. The van der Waals surface area contributed by atoms with E-state index < -0.39 is 0 Å². The Hall–Kier alpha value is -1.61. The molecule has 0 bridgehead atoms. The van der Waals surface area contributed by atoms with Crippen molar-refractivity contribution in [3.05, 3.63) is 36.0 Å². The lowest BCUT2D eigenvalue weighted by atomic mass is 10.0. The molecule has 2 N–H and O–H groups in total. The smallest absolute Gasteiger partial charge is 0.155 e. The van der Waals surface area contributed by atoms with Gasteiger partial charge >= 0.3 is 0 Å². The predicted octanol–water partition coefficient (Wildman–Crippen LogP) is 1.77. The van der Waals surface area contributed by atoms with Gasteiger partial charge < -0.3 is 10.3 Å². The number of para-hydroxylation sites is 1. The second kappa shape index (κ2) is 3.21. The molecular weight excluding hydrogens is 188 g/mol. The molecule has 1 atom stereocenters. The summed E-state index contributed by atoms with van der Waals surface area (Å²) in [6.07, 6.45) is 2.58. The van der Waals surface area contributed by atoms with Gasteiger partial charge in [0.25, 0.3) is 0 Å². The molecule has 1 unspecified atom stereocenters. The van der Waals surface area contributed by atoms with Crippen molar-refractivity contribution in [3.8, 4) is 0 Å². The lowest BCUT2D eigenvalue weighted by molar-refractivity contribution is -0.118. The van der Waals surface area contributed by atoms with E-state index in [1.807, 2.05) is 24.4 Å². The Balaban J connectivity index is 2.14. The van der Waals surface area contributed by atoms with Crippen molar-refractivity contribution in [2.75, 3.05) is 6.54 Å². The van der Waals surface area contributed by atoms with Crippen molar-refractivity contribution in [1.29, 1.82) is 0 Å². The Labute approximate surface area is 87.5 Å². The number of fused-ring (bicyclic) bond motifs is 1. The SMILES string of the molecule is O=C1CCNC1c1c[nH]c2ccccc12. The monoisotopic (exact) mass is 200 g/mol. The van der Waals surface area contributed by atoms with Crippen LogP contribution in [0.25, 0.3) is 10.9 Å². The summed E-state index contributed by atoms with van der Waals surface area (Å²) in [6.45, 7) is 0.795. The van der Waals surface area contributed by atoms with Crippen LogP contribution in [0.5, 0.6) is 0 Å². The molecule has 76 valence electrons. The maximum Gasteiger partial charge on any atom is 0.155 e. The van der Waals surface area contributed by atoms with E-state index in [0.29, 0.717) is 12.2 Å². The number of ketones is 1. The average molecular weight is 200 g/mol. The largest absolute Gasteiger partial charge is 0.361 e. The van der Waals surface area contributed by atoms with Crippen LogP contribution in [0.2, 0.25) is 0 Å². The van der Waals surface area contributed by atoms with E-state index in [2.05, 4.69) is 16.4 Å². The van der Waals surface area contributed by atoms with Gasteiger partial charge in [-0.15, -0.1) is 0 Å². The van der Waals surface area contributed by atoms with Gasteiger partial charge in [-0.1, -0.05) is 18.2 Å². The van der Waals surface area contributed by atoms with Crippen LogP contribution in [-0.4, -0.2) is 17.3 Å². The van der Waals surface area contributed by atoms with E-state index in [4.69, 9.17) is 0 Å². The van der Waals surface area contributed by atoms with E-state index in [0.717, 1.165) is 23.0 Å². The van der Waals surface area contributed by atoms with Gasteiger partial charge in [0.2, 0.25) is 0 Å². The van der Waals surface area contributed by atoms with Crippen LogP contribution in [-0.2, 0) is 4.79 Å². The zero-order valence-electron chi connectivity index (χ0n) is 8.29. The molecule has 0 aliphatic carbocycles. The second-order valence-corrected chi connectivity index (χ2v) is 3.89. The van der Waals surface area contributed by atoms with Crippen LogP contribution in [0.3, 0.4) is 0 Å². The molecule has 15 heavy (non-hydrogen) atoms. The molecule has 0 radical (unpaired) electrons. The highest BCUT2D eigenvalue weighted by atomic mass is 16.1. The van der Waals surface area contributed by atoms with Gasteiger partial charge in [-0.25, -0.2) is 0 Å². The van der Waals surface area contributed by atoms with Crippen molar-refractivity contribution < 1.29 is 4.79 Å². The molecule has 3 rings (SSSR count). The molecule has 1 aromatic heterocycles. The number of carbonyl (C=O) groups is 1. The van der Waals surface area contributed by atoms with Crippen LogP contribution in [0.4, 0.5) is 0 Å². The summed E-state index contributed by atoms with van der Waals surface area (Å²) >= 11 is 0. The Kier molecular flexibility index (Phi) is 1.86. The first-order valence-corrected chi connectivity index (χ1v) is 5.18. The first-order valence-electron chi connectivity index (χ1n) is 5.18. The fourth-order valence-electron chi connectivity index (χ4n) is 2.21. The number of rotatable bonds is 1. The third-order valence-corrected chi connectivity index (χ3v) is 2.97. The van der Waals surface area contributed by atoms with Crippen LogP contribution >= 0.6 is 0 Å². The molecule has 1 aliphatic heterocycles. The number of aromatic nitrogens is 1. The summed E-state index contributed by atoms with van der Waals surface area (Å²) in [5, 5.41) is 4.38. The van der Waals surface area contributed by atoms with Gasteiger partial charge in [-0.2, -0.15) is 0 Å². The van der Waals surface area contributed by atoms with Gasteiger partial charge in [0.15, 0.2) is 5.78 Å². The molecule has 1 saturated heterocycles. The predicted molar refractivity (Wildman–Crippen MR) is 58.7 cm³/mol. The second-order valence-electron chi connectivity index (χ2n) is 3.89. The zero-order chi connectivity index (χ0) is 10.3. The van der Waals surface area contributed by atoms with Gasteiger partial charge in [0, 0.05) is 35.6 Å². The Bertz CT molecular complexity index is 515. The van der Waals surface area contributed by atoms with E-state index >= 15 is 0 Å². The molecule has 1 aromatic carbocycles. The number of benzene rings is 1. The number of H-pyrrole nitrogens is 1. The maximum absolute atomic E-state index is 11.6. The molecule has 2 aromatic rings. The van der Waals surface area contributed by atoms with Gasteiger partial charge in [-0.05, 0) is 6.07 Å². The molecule has 1 fully saturated rings. The van der Waals surface area contributed by atoms with E-state index in [-0.39, 0.29) is 6.04 Å². The van der Waals surface area contributed by atoms with Crippen LogP contribution in [0.1, 0.15) is 18.0 Å². The number of hydrogen-bond donors (Lipinski definition) is 2. The first-order chi connectivity index (χ1) is 7.36. The van der Waals surface area contributed by atoms with Crippen LogP contribution in [0, 0.1) is 0 Å². The fraction of sp³-hybridized carbons (Fsp3) is 0.250. The summed E-state index contributed by atoms with van der Waals surface area (Å²) in [7, 11) is 0. The summed E-state index contributed by atoms with van der Waals surface area (Å²) < 4.78 is 0. The Morgan fingerprint density at radius 1 is 1.27 bits per heavy atom. The van der Waals surface area contributed by atoms with Crippen molar-refractivity contribution in [2.45, 2.75) is 12.5 Å². The van der Waals surface area contributed by atoms with Crippen molar-refractivity contribution in [3.63, 3.8) is 0 Å². The maximum atomic E-state index is 11.6. The molecule has 0 saturated carbocycles. The lowest BCUT2D eigenvalue weighted by Gasteiger charge is -2.06. The normalized spacial score (nSPS) is 21.3. The van der Waals surface area contributed by atoms with Gasteiger partial charge in [0.1, 0.15) is 0 Å². The van der Waals surface area contributed by atoms with Crippen molar-refractivity contribution in [1.82, 2.24) is 10.3 Å². The summed E-state index contributed by atoms with van der Waals surface area (Å²) in [6, 6.07) is 7.96. The van der Waals surface area contributed by atoms with Gasteiger partial charge in [0.05, 0.1) is 6.04 Å². The molecule has 3 heteroatoms. The summed E-state index contributed by atoms with van der Waals surface area (Å²) in [5.41, 5.74) is 2.17. The Morgan fingerprint density at radius 2 is 2.13 bits per heavy atom. The number of aromatic amines is 1. The molecule has 3 nitrogen and oxygen atoms in total. The average Bonchev–Trinajstić information content (AvgIpc) is 2.83. The highest BCUT2D eigenvalue weighted by molar-refractivity contribution is 5.93. The molecule has 2 heterocycles.